The minimum Gasteiger partial charge on any atom is -0.462 e. The van der Waals surface area contributed by atoms with Gasteiger partial charge in [-0.2, -0.15) is 5.26 Å². The highest BCUT2D eigenvalue weighted by Gasteiger charge is 2.27. The van der Waals surface area contributed by atoms with E-state index in [0.717, 1.165) is 0 Å². The third kappa shape index (κ3) is 3.67. The van der Waals surface area contributed by atoms with Crippen molar-refractivity contribution in [2.45, 2.75) is 13.8 Å². The van der Waals surface area contributed by atoms with Gasteiger partial charge in [-0.1, -0.05) is 30.3 Å². The molecule has 122 valence electrons. The highest BCUT2D eigenvalue weighted by molar-refractivity contribution is 5.97. The first kappa shape index (κ1) is 17.0. The van der Waals surface area contributed by atoms with Crippen LogP contribution in [-0.2, 0) is 19.1 Å². The molecule has 0 atom stereocenters. The number of hydrogen-bond donors (Lipinski definition) is 1. The van der Waals surface area contributed by atoms with E-state index in [1.807, 2.05) is 6.07 Å². The van der Waals surface area contributed by atoms with Gasteiger partial charge in [-0.25, -0.2) is 9.79 Å². The topological polar surface area (TPSA) is 101 Å². The lowest BCUT2D eigenvalue weighted by Crippen LogP contribution is -2.25. The molecule has 0 bridgehead atoms. The maximum absolute atomic E-state index is 12.0. The van der Waals surface area contributed by atoms with Crippen molar-refractivity contribution in [3.05, 3.63) is 52.9 Å². The molecule has 7 heteroatoms. The van der Waals surface area contributed by atoms with E-state index in [2.05, 4.69) is 10.3 Å². The molecule has 1 heterocycles. The van der Waals surface area contributed by atoms with Gasteiger partial charge in [0, 0.05) is 12.5 Å². The van der Waals surface area contributed by atoms with Crippen molar-refractivity contribution in [1.82, 2.24) is 5.32 Å². The molecule has 0 spiro atoms. The quantitative estimate of drug-likeness (QED) is 0.515. The molecule has 1 N–H and O–H groups in total. The molecule has 0 aliphatic carbocycles. The minimum atomic E-state index is -0.810. The lowest BCUT2D eigenvalue weighted by molar-refractivity contribution is -0.139. The maximum Gasteiger partial charge on any atom is 0.351 e. The standard InChI is InChI=1S/C17H15N3O4/c1-3-23-17(22)13(9-18)15-16(24-11(2)21)14(19-10-20-15)12-7-5-4-6-8-12/h4-8,10H,3H2,1-2H3,(H,19,20)/b15-13-. The van der Waals surface area contributed by atoms with Crippen LogP contribution < -0.4 is 5.32 Å². The average molecular weight is 325 g/mol. The molecule has 0 fully saturated rings. The van der Waals surface area contributed by atoms with E-state index in [9.17, 15) is 14.9 Å². The van der Waals surface area contributed by atoms with Gasteiger partial charge in [-0.05, 0) is 6.92 Å². The fourth-order valence-electron chi connectivity index (χ4n) is 2.04. The van der Waals surface area contributed by atoms with E-state index in [1.165, 1.54) is 13.3 Å². The van der Waals surface area contributed by atoms with Crippen LogP contribution in [-0.4, -0.2) is 24.9 Å². The molecule has 7 nitrogen and oxygen atoms in total. The molecule has 0 unspecified atom stereocenters. The highest BCUT2D eigenvalue weighted by atomic mass is 16.5. The van der Waals surface area contributed by atoms with E-state index in [1.54, 1.807) is 37.3 Å². The van der Waals surface area contributed by atoms with Crippen LogP contribution in [0.3, 0.4) is 0 Å². The molecule has 0 saturated heterocycles. The van der Waals surface area contributed by atoms with Crippen LogP contribution in [0.1, 0.15) is 19.4 Å². The molecule has 1 aliphatic heterocycles. The van der Waals surface area contributed by atoms with Crippen LogP contribution in [0.15, 0.2) is 52.4 Å². The summed E-state index contributed by atoms with van der Waals surface area (Å²) in [5, 5.41) is 12.0. The zero-order valence-electron chi connectivity index (χ0n) is 13.2. The number of benzene rings is 1. The molecule has 1 aromatic rings. The molecule has 0 radical (unpaired) electrons. The van der Waals surface area contributed by atoms with Crippen LogP contribution in [0, 0.1) is 11.3 Å². The second-order valence-corrected chi connectivity index (χ2v) is 4.62. The van der Waals surface area contributed by atoms with Gasteiger partial charge in [0.1, 0.15) is 17.5 Å². The molecule has 1 aliphatic rings. The van der Waals surface area contributed by atoms with E-state index >= 15 is 0 Å². The fourth-order valence-corrected chi connectivity index (χ4v) is 2.04. The van der Waals surface area contributed by atoms with Crippen LogP contribution in [0.2, 0.25) is 0 Å². The van der Waals surface area contributed by atoms with Gasteiger partial charge in [0.2, 0.25) is 0 Å². The molecule has 1 aromatic carbocycles. The smallest absolute Gasteiger partial charge is 0.351 e. The van der Waals surface area contributed by atoms with E-state index < -0.39 is 11.9 Å². The van der Waals surface area contributed by atoms with Crippen molar-refractivity contribution in [3.63, 3.8) is 0 Å². The summed E-state index contributed by atoms with van der Waals surface area (Å²) in [6.45, 7) is 2.97. The molecule has 24 heavy (non-hydrogen) atoms. The largest absolute Gasteiger partial charge is 0.462 e. The summed E-state index contributed by atoms with van der Waals surface area (Å²) in [7, 11) is 0. The third-order valence-electron chi connectivity index (χ3n) is 2.98. The van der Waals surface area contributed by atoms with Crippen molar-refractivity contribution >= 4 is 24.0 Å². The first-order valence-corrected chi connectivity index (χ1v) is 7.17. The van der Waals surface area contributed by atoms with Gasteiger partial charge in [0.25, 0.3) is 0 Å². The fraction of sp³-hybridized carbons (Fsp3) is 0.176. The van der Waals surface area contributed by atoms with Crippen molar-refractivity contribution < 1.29 is 19.1 Å². The van der Waals surface area contributed by atoms with Gasteiger partial charge in [0.05, 0.1) is 12.9 Å². The second kappa shape index (κ2) is 7.74. The number of nitrogens with zero attached hydrogens (tertiary/aromatic N) is 2. The normalized spacial score (nSPS) is 15.2. The molecular weight excluding hydrogens is 310 g/mol. The average Bonchev–Trinajstić information content (AvgIpc) is 2.57. The number of carbonyl (C=O) groups is 2. The Morgan fingerprint density at radius 1 is 1.29 bits per heavy atom. The Morgan fingerprint density at radius 2 is 2.00 bits per heavy atom. The van der Waals surface area contributed by atoms with Crippen molar-refractivity contribution in [2.24, 2.45) is 4.99 Å². The van der Waals surface area contributed by atoms with Gasteiger partial charge < -0.3 is 14.8 Å². The van der Waals surface area contributed by atoms with Gasteiger partial charge in [0.15, 0.2) is 11.3 Å². The summed E-state index contributed by atoms with van der Waals surface area (Å²) in [6, 6.07) is 10.8. The predicted molar refractivity (Wildman–Crippen MR) is 86.0 cm³/mol. The Kier molecular flexibility index (Phi) is 5.47. The van der Waals surface area contributed by atoms with Gasteiger partial charge >= 0.3 is 11.9 Å². The van der Waals surface area contributed by atoms with Crippen molar-refractivity contribution in [3.8, 4) is 6.07 Å². The Bertz CT molecular complexity index is 786. The first-order valence-electron chi connectivity index (χ1n) is 7.17. The zero-order valence-corrected chi connectivity index (χ0v) is 13.2. The third-order valence-corrected chi connectivity index (χ3v) is 2.98. The van der Waals surface area contributed by atoms with Crippen LogP contribution in [0.4, 0.5) is 0 Å². The Balaban J connectivity index is 2.66. The highest BCUT2D eigenvalue weighted by Crippen LogP contribution is 2.29. The van der Waals surface area contributed by atoms with Crippen LogP contribution in [0.25, 0.3) is 5.70 Å². The minimum absolute atomic E-state index is 0.000744. The summed E-state index contributed by atoms with van der Waals surface area (Å²) >= 11 is 0. The summed E-state index contributed by atoms with van der Waals surface area (Å²) in [5.74, 6) is -1.41. The molecule has 2 rings (SSSR count). The first-order chi connectivity index (χ1) is 11.6. The number of ether oxygens (including phenoxy) is 2. The zero-order chi connectivity index (χ0) is 17.5. The number of carbonyl (C=O) groups excluding carboxylic acids is 2. The summed E-state index contributed by atoms with van der Waals surface area (Å²) in [5.41, 5.74) is 0.745. The summed E-state index contributed by atoms with van der Waals surface area (Å²) in [4.78, 5) is 27.7. The van der Waals surface area contributed by atoms with Gasteiger partial charge in [-0.3, -0.25) is 4.79 Å². The van der Waals surface area contributed by atoms with E-state index in [-0.39, 0.29) is 23.6 Å². The number of rotatable bonds is 4. The maximum atomic E-state index is 12.0. The lowest BCUT2D eigenvalue weighted by atomic mass is 10.1. The molecule has 0 aromatic heterocycles. The number of nitriles is 1. The Morgan fingerprint density at radius 3 is 2.58 bits per heavy atom. The molecule has 0 amide bonds. The summed E-state index contributed by atoms with van der Waals surface area (Å²) in [6.07, 6.45) is 1.32. The van der Waals surface area contributed by atoms with Crippen LogP contribution >= 0.6 is 0 Å². The number of hydrogen-bond acceptors (Lipinski definition) is 7. The van der Waals surface area contributed by atoms with Crippen molar-refractivity contribution in [2.75, 3.05) is 6.61 Å². The second-order valence-electron chi connectivity index (χ2n) is 4.62. The van der Waals surface area contributed by atoms with E-state index in [4.69, 9.17) is 9.47 Å². The number of aliphatic imine (C=N–C) groups is 1. The molecule has 0 saturated carbocycles. The SMILES string of the molecule is CCOC(=O)/C(C#N)=C1\NC=NC(c2ccccc2)=C1OC(C)=O. The summed E-state index contributed by atoms with van der Waals surface area (Å²) < 4.78 is 10.1. The number of esters is 2. The lowest BCUT2D eigenvalue weighted by Gasteiger charge is -2.19. The van der Waals surface area contributed by atoms with E-state index in [0.29, 0.717) is 11.3 Å². The predicted octanol–water partition coefficient (Wildman–Crippen LogP) is 1.89. The molecular formula is C17H15N3O4. The monoisotopic (exact) mass is 325 g/mol. The number of nitrogens with one attached hydrogen (secondary N) is 1. The van der Waals surface area contributed by atoms with Crippen LogP contribution in [0.5, 0.6) is 0 Å². The Labute approximate surface area is 138 Å². The Hall–Kier alpha value is -3.40. The van der Waals surface area contributed by atoms with Gasteiger partial charge in [-0.15, -0.1) is 0 Å². The van der Waals surface area contributed by atoms with Crippen molar-refractivity contribution in [1.29, 1.82) is 5.26 Å².